The molecular weight excluding hydrogens is 626 g/mol. The number of nitrogens with two attached hydrogens (primary N) is 1. The van der Waals surface area contributed by atoms with Crippen LogP contribution in [-0.2, 0) is 16.4 Å². The summed E-state index contributed by atoms with van der Waals surface area (Å²) in [6.07, 6.45) is 4.89. The summed E-state index contributed by atoms with van der Waals surface area (Å²) in [5.41, 5.74) is 6.19. The summed E-state index contributed by atoms with van der Waals surface area (Å²) in [7, 11) is -3.72. The molecule has 0 atom stereocenters. The van der Waals surface area contributed by atoms with Crippen LogP contribution in [0.3, 0.4) is 0 Å². The number of hydrogen-bond donors (Lipinski definition) is 2. The standard InChI is InChI=1S/C27H26F2N6O3S3.ClH/c28-20-5-3-6-21(29)23(20)24(36)25-26(30)34-27(40-25)33-18-9-13-35(14-10-18)41(37,38)19-7-8-22(32-16-19)39-15-11-17-4-1-2-12-31-17;/h1-8,12,16,18H,9-11,13-15,30H2,(H,33,34);1H. The number of anilines is 2. The summed E-state index contributed by atoms with van der Waals surface area (Å²) >= 11 is 2.44. The van der Waals surface area contributed by atoms with Gasteiger partial charge in [0, 0.05) is 43.0 Å². The Kier molecular flexibility index (Phi) is 10.5. The summed E-state index contributed by atoms with van der Waals surface area (Å²) in [5.74, 6) is -2.19. The molecule has 3 N–H and O–H groups in total. The minimum Gasteiger partial charge on any atom is -0.382 e. The third-order valence-corrected chi connectivity index (χ3v) is 10.3. The molecule has 0 saturated carbocycles. The van der Waals surface area contributed by atoms with Crippen LogP contribution >= 0.6 is 35.5 Å². The number of nitrogens with one attached hydrogen (secondary N) is 1. The molecule has 0 amide bonds. The van der Waals surface area contributed by atoms with E-state index in [2.05, 4.69) is 20.3 Å². The smallest absolute Gasteiger partial charge is 0.244 e. The molecule has 1 fully saturated rings. The number of hydrogen-bond acceptors (Lipinski definition) is 10. The highest BCUT2D eigenvalue weighted by molar-refractivity contribution is 7.99. The Bertz CT molecular complexity index is 1610. The number of pyridine rings is 2. The number of sulfonamides is 1. The van der Waals surface area contributed by atoms with E-state index in [-0.39, 0.29) is 47.1 Å². The van der Waals surface area contributed by atoms with Crippen molar-refractivity contribution in [2.75, 3.05) is 29.9 Å². The lowest BCUT2D eigenvalue weighted by molar-refractivity contribution is 0.103. The van der Waals surface area contributed by atoms with Crippen LogP contribution in [0.25, 0.3) is 0 Å². The van der Waals surface area contributed by atoms with Crippen molar-refractivity contribution >= 4 is 62.3 Å². The molecule has 1 saturated heterocycles. The van der Waals surface area contributed by atoms with E-state index in [1.54, 1.807) is 18.3 Å². The molecule has 3 aromatic heterocycles. The van der Waals surface area contributed by atoms with E-state index in [9.17, 15) is 22.0 Å². The summed E-state index contributed by atoms with van der Waals surface area (Å²) in [6.45, 7) is 0.543. The third kappa shape index (κ3) is 7.24. The number of ketones is 1. The van der Waals surface area contributed by atoms with Gasteiger partial charge in [0.05, 0.1) is 10.6 Å². The number of nitrogen functional groups attached to an aromatic ring is 1. The molecule has 1 aromatic carbocycles. The van der Waals surface area contributed by atoms with Gasteiger partial charge in [0.1, 0.15) is 27.2 Å². The first-order valence-electron chi connectivity index (χ1n) is 12.7. The van der Waals surface area contributed by atoms with Gasteiger partial charge in [-0.25, -0.2) is 27.2 Å². The van der Waals surface area contributed by atoms with Crippen LogP contribution in [0.2, 0.25) is 0 Å². The van der Waals surface area contributed by atoms with E-state index in [0.717, 1.165) is 46.4 Å². The van der Waals surface area contributed by atoms with E-state index in [0.29, 0.717) is 18.0 Å². The molecule has 4 heterocycles. The number of aryl methyl sites for hydroxylation is 1. The Morgan fingerprint density at radius 2 is 1.81 bits per heavy atom. The van der Waals surface area contributed by atoms with E-state index >= 15 is 0 Å². The lowest BCUT2D eigenvalue weighted by Crippen LogP contribution is -2.42. The number of piperidine rings is 1. The number of rotatable bonds is 10. The molecule has 222 valence electrons. The molecule has 4 aromatic rings. The van der Waals surface area contributed by atoms with Gasteiger partial charge in [0.2, 0.25) is 15.8 Å². The van der Waals surface area contributed by atoms with Gasteiger partial charge in [0.25, 0.3) is 0 Å². The number of thioether (sulfide) groups is 1. The molecule has 0 aliphatic carbocycles. The number of thiazole rings is 1. The average Bonchev–Trinajstić information content (AvgIpc) is 3.33. The largest absolute Gasteiger partial charge is 0.382 e. The van der Waals surface area contributed by atoms with Crippen molar-refractivity contribution in [3.63, 3.8) is 0 Å². The van der Waals surface area contributed by atoms with Gasteiger partial charge >= 0.3 is 0 Å². The first-order valence-corrected chi connectivity index (χ1v) is 16.0. The number of carbonyl (C=O) groups is 1. The van der Waals surface area contributed by atoms with Crippen LogP contribution in [0.5, 0.6) is 0 Å². The van der Waals surface area contributed by atoms with Crippen molar-refractivity contribution in [1.29, 1.82) is 0 Å². The van der Waals surface area contributed by atoms with Crippen molar-refractivity contribution in [3.05, 3.63) is 88.7 Å². The SMILES string of the molecule is Cl.Nc1nc(NC2CCN(S(=O)(=O)c3ccc(SCCc4ccccn4)nc3)CC2)sc1C(=O)c1c(F)cccc1F. The number of nitrogens with zero attached hydrogens (tertiary/aromatic N) is 4. The second-order valence-electron chi connectivity index (χ2n) is 9.23. The van der Waals surface area contributed by atoms with Crippen LogP contribution in [0, 0.1) is 11.6 Å². The summed E-state index contributed by atoms with van der Waals surface area (Å²) in [4.78, 5) is 25.6. The third-order valence-electron chi connectivity index (χ3n) is 6.51. The molecular formula is C27H27ClF2N6O3S3. The van der Waals surface area contributed by atoms with E-state index in [1.807, 2.05) is 18.2 Å². The summed E-state index contributed by atoms with van der Waals surface area (Å²) in [6, 6.07) is 12.1. The van der Waals surface area contributed by atoms with E-state index < -0.39 is 33.0 Å². The molecule has 15 heteroatoms. The predicted molar refractivity (Wildman–Crippen MR) is 162 cm³/mol. The van der Waals surface area contributed by atoms with Crippen molar-refractivity contribution in [2.45, 2.75) is 35.2 Å². The number of benzene rings is 1. The highest BCUT2D eigenvalue weighted by Gasteiger charge is 2.31. The number of aromatic nitrogens is 3. The fraction of sp³-hybridized carbons (Fsp3) is 0.259. The van der Waals surface area contributed by atoms with Gasteiger partial charge in [0.15, 0.2) is 5.13 Å². The first kappa shape index (κ1) is 31.8. The van der Waals surface area contributed by atoms with E-state index in [1.165, 1.54) is 28.3 Å². The maximum absolute atomic E-state index is 14.1. The fourth-order valence-corrected chi connectivity index (χ4v) is 7.50. The van der Waals surface area contributed by atoms with Crippen molar-refractivity contribution in [2.24, 2.45) is 0 Å². The van der Waals surface area contributed by atoms with Gasteiger partial charge in [-0.1, -0.05) is 23.5 Å². The molecule has 0 radical (unpaired) electrons. The average molecular weight is 653 g/mol. The van der Waals surface area contributed by atoms with E-state index in [4.69, 9.17) is 5.73 Å². The highest BCUT2D eigenvalue weighted by atomic mass is 35.5. The molecule has 0 spiro atoms. The number of halogens is 3. The van der Waals surface area contributed by atoms with Crippen LogP contribution in [0.1, 0.15) is 33.8 Å². The van der Waals surface area contributed by atoms with Gasteiger partial charge in [-0.15, -0.1) is 24.2 Å². The minimum absolute atomic E-state index is 0. The van der Waals surface area contributed by atoms with Crippen molar-refractivity contribution in [1.82, 2.24) is 19.3 Å². The molecule has 1 aliphatic rings. The Morgan fingerprint density at radius 1 is 1.07 bits per heavy atom. The lowest BCUT2D eigenvalue weighted by atomic mass is 10.1. The Balaban J connectivity index is 0.00000405. The van der Waals surface area contributed by atoms with Crippen LogP contribution in [0.4, 0.5) is 19.7 Å². The zero-order valence-electron chi connectivity index (χ0n) is 22.1. The second kappa shape index (κ2) is 13.9. The zero-order chi connectivity index (χ0) is 29.0. The Labute approximate surface area is 256 Å². The number of carbonyl (C=O) groups excluding carboxylic acids is 1. The molecule has 42 heavy (non-hydrogen) atoms. The predicted octanol–water partition coefficient (Wildman–Crippen LogP) is 5.05. The van der Waals surface area contributed by atoms with Crippen LogP contribution < -0.4 is 11.1 Å². The van der Waals surface area contributed by atoms with Gasteiger partial charge in [-0.2, -0.15) is 4.31 Å². The molecule has 5 rings (SSSR count). The van der Waals surface area contributed by atoms with Gasteiger partial charge < -0.3 is 11.1 Å². The Hall–Kier alpha value is -3.17. The zero-order valence-corrected chi connectivity index (χ0v) is 25.3. The molecule has 1 aliphatic heterocycles. The Morgan fingerprint density at radius 3 is 2.45 bits per heavy atom. The van der Waals surface area contributed by atoms with Crippen LogP contribution in [0.15, 0.2) is 70.8 Å². The van der Waals surface area contributed by atoms with Crippen LogP contribution in [-0.4, -0.2) is 58.3 Å². The molecule has 0 unspecified atom stereocenters. The molecule has 0 bridgehead atoms. The van der Waals surface area contributed by atoms with Crippen molar-refractivity contribution < 1.29 is 22.0 Å². The fourth-order valence-electron chi connectivity index (χ4n) is 4.36. The lowest BCUT2D eigenvalue weighted by Gasteiger charge is -2.31. The monoisotopic (exact) mass is 652 g/mol. The normalized spacial score (nSPS) is 14.3. The minimum atomic E-state index is -3.72. The first-order chi connectivity index (χ1) is 19.7. The second-order valence-corrected chi connectivity index (χ2v) is 13.3. The van der Waals surface area contributed by atoms with Gasteiger partial charge in [-0.3, -0.25) is 9.78 Å². The quantitative estimate of drug-likeness (QED) is 0.179. The maximum atomic E-state index is 14.1. The van der Waals surface area contributed by atoms with Crippen molar-refractivity contribution in [3.8, 4) is 0 Å². The van der Waals surface area contributed by atoms with Gasteiger partial charge in [-0.05, 0) is 55.7 Å². The summed E-state index contributed by atoms with van der Waals surface area (Å²) < 4.78 is 56.0. The summed E-state index contributed by atoms with van der Waals surface area (Å²) in [5, 5.41) is 4.24. The highest BCUT2D eigenvalue weighted by Crippen LogP contribution is 2.31. The molecule has 9 nitrogen and oxygen atoms in total. The topological polar surface area (TPSA) is 131 Å². The maximum Gasteiger partial charge on any atom is 0.244 e.